The highest BCUT2D eigenvalue weighted by Crippen LogP contribution is 2.38. The number of phosphoric ester groups is 1. The third-order valence-corrected chi connectivity index (χ3v) is 17.0. The molecule has 0 saturated carbocycles. The Labute approximate surface area is 533 Å². The lowest BCUT2D eigenvalue weighted by Gasteiger charge is -2.30. The predicted octanol–water partition coefficient (Wildman–Crippen LogP) is 22.7. The van der Waals surface area contributed by atoms with E-state index in [-0.39, 0.29) is 24.9 Å². The van der Waals surface area contributed by atoms with Gasteiger partial charge in [0.15, 0.2) is 0 Å². The molecule has 0 aromatic heterocycles. The SMILES string of the molecule is CCCCC/C=C\C/C=C\C/C=C\C/C=C\CCCCCCCCCC(=O)NC(COP(=O)([O-])OCC[N+](C)(C)C)C(/C=C/CCCCCCCCCCCC)OC(=O)CCCCCCCCCCCCCCCCC/C=C\C/C=C\CCCCC. The molecule has 3 atom stereocenters. The summed E-state index contributed by atoms with van der Waals surface area (Å²) >= 11 is 0. The zero-order valence-electron chi connectivity index (χ0n) is 57.3. The highest BCUT2D eigenvalue weighted by atomic mass is 31.2. The number of nitrogens with one attached hydrogen (secondary N) is 1. The predicted molar refractivity (Wildman–Crippen MR) is 371 cm³/mol. The zero-order valence-corrected chi connectivity index (χ0v) is 58.2. The molecule has 0 aromatic rings. The van der Waals surface area contributed by atoms with Gasteiger partial charge in [0, 0.05) is 12.8 Å². The topological polar surface area (TPSA) is 114 Å². The van der Waals surface area contributed by atoms with Crippen molar-refractivity contribution in [3.63, 3.8) is 0 Å². The summed E-state index contributed by atoms with van der Waals surface area (Å²) in [7, 11) is 1.18. The van der Waals surface area contributed by atoms with Gasteiger partial charge in [0.1, 0.15) is 19.3 Å². The second-order valence-electron chi connectivity index (χ2n) is 25.7. The smallest absolute Gasteiger partial charge is 0.306 e. The molecule has 0 radical (unpaired) electrons. The number of ether oxygens (including phenoxy) is 1. The lowest BCUT2D eigenvalue weighted by Crippen LogP contribution is -2.47. The molecular formula is C76H139N2O7P. The van der Waals surface area contributed by atoms with Gasteiger partial charge < -0.3 is 28.5 Å². The van der Waals surface area contributed by atoms with Crippen LogP contribution in [-0.2, 0) is 27.9 Å². The normalized spacial score (nSPS) is 14.0. The lowest BCUT2D eigenvalue weighted by atomic mass is 10.0. The van der Waals surface area contributed by atoms with E-state index >= 15 is 0 Å². The number of allylic oxidation sites excluding steroid dienone is 13. The van der Waals surface area contributed by atoms with Crippen molar-refractivity contribution in [2.75, 3.05) is 40.9 Å². The Morgan fingerprint density at radius 3 is 1.08 bits per heavy atom. The summed E-state index contributed by atoms with van der Waals surface area (Å²) in [6, 6.07) is -0.899. The fraction of sp³-hybridized carbons (Fsp3) is 0.789. The Bertz CT molecular complexity index is 1750. The maximum Gasteiger partial charge on any atom is 0.306 e. The molecule has 0 spiro atoms. The van der Waals surface area contributed by atoms with E-state index < -0.39 is 26.6 Å². The Morgan fingerprint density at radius 1 is 0.407 bits per heavy atom. The summed E-state index contributed by atoms with van der Waals surface area (Å²) in [5.41, 5.74) is 0. The molecule has 3 unspecified atom stereocenters. The monoisotopic (exact) mass is 1220 g/mol. The molecular weight excluding hydrogens is 1080 g/mol. The third-order valence-electron chi connectivity index (χ3n) is 16.0. The molecule has 9 nitrogen and oxygen atoms in total. The fourth-order valence-electron chi connectivity index (χ4n) is 10.4. The van der Waals surface area contributed by atoms with Crippen LogP contribution in [0.3, 0.4) is 0 Å². The van der Waals surface area contributed by atoms with E-state index in [1.807, 2.05) is 33.3 Å². The molecule has 0 saturated heterocycles. The van der Waals surface area contributed by atoms with Crippen LogP contribution in [0.4, 0.5) is 0 Å². The number of esters is 1. The summed E-state index contributed by atoms with van der Waals surface area (Å²) < 4.78 is 30.5. The summed E-state index contributed by atoms with van der Waals surface area (Å²) in [6.07, 6.45) is 87.0. The average Bonchev–Trinajstić information content (AvgIpc) is 3.66. The number of hydrogen-bond acceptors (Lipinski definition) is 7. The van der Waals surface area contributed by atoms with Crippen LogP contribution in [0.15, 0.2) is 85.1 Å². The van der Waals surface area contributed by atoms with Crippen molar-refractivity contribution in [1.29, 1.82) is 0 Å². The first kappa shape index (κ1) is 83.2. The minimum atomic E-state index is -4.71. The second-order valence-corrected chi connectivity index (χ2v) is 27.1. The van der Waals surface area contributed by atoms with Crippen molar-refractivity contribution < 1.29 is 37.3 Å². The standard InChI is InChI=1S/C76H139N2O7P/c1-7-10-13-16-19-22-25-28-30-32-34-36-38-39-41-43-45-47-49-51-54-57-60-63-66-69-76(80)85-74(67-64-61-58-55-52-27-24-21-18-15-12-9-3)73(72-84-86(81,82)83-71-70-78(4,5)6)77-75(79)68-65-62-59-56-53-50-48-46-44-42-40-37-35-33-31-29-26-23-20-17-14-11-8-2/h19-20,22-23,28-31,35,37,42,44,64,67,73-74H,7-18,21,24-27,32-34,36,38-41,43,45-63,65-66,68-72H2,1-6H3,(H-,77,79,81,82)/b22-19-,23-20-,30-28-,31-29-,37-35-,44-42-,67-64+. The molecule has 0 aromatic carbocycles. The van der Waals surface area contributed by atoms with Crippen LogP contribution in [0.1, 0.15) is 335 Å². The lowest BCUT2D eigenvalue weighted by molar-refractivity contribution is -0.870. The molecule has 10 heteroatoms. The zero-order chi connectivity index (χ0) is 62.8. The van der Waals surface area contributed by atoms with E-state index in [9.17, 15) is 19.0 Å². The van der Waals surface area contributed by atoms with Crippen LogP contribution >= 0.6 is 7.82 Å². The van der Waals surface area contributed by atoms with Crippen LogP contribution in [-0.4, -0.2) is 69.4 Å². The number of rotatable bonds is 66. The van der Waals surface area contributed by atoms with Gasteiger partial charge in [0.05, 0.1) is 33.8 Å². The van der Waals surface area contributed by atoms with E-state index in [1.54, 1.807) is 0 Å². The molecule has 0 bridgehead atoms. The molecule has 86 heavy (non-hydrogen) atoms. The summed E-state index contributed by atoms with van der Waals surface area (Å²) in [4.78, 5) is 40.2. The van der Waals surface area contributed by atoms with Gasteiger partial charge in [0.2, 0.25) is 5.91 Å². The van der Waals surface area contributed by atoms with Crippen LogP contribution in [0, 0.1) is 0 Å². The molecule has 0 aliphatic carbocycles. The molecule has 1 amide bonds. The van der Waals surface area contributed by atoms with Gasteiger partial charge in [-0.1, -0.05) is 299 Å². The summed E-state index contributed by atoms with van der Waals surface area (Å²) in [6.45, 7) is 6.81. The second kappa shape index (κ2) is 65.2. The van der Waals surface area contributed by atoms with Gasteiger partial charge in [-0.05, 0) is 109 Å². The van der Waals surface area contributed by atoms with E-state index in [1.165, 1.54) is 205 Å². The van der Waals surface area contributed by atoms with Crippen molar-refractivity contribution in [1.82, 2.24) is 5.32 Å². The minimum Gasteiger partial charge on any atom is -0.756 e. The molecule has 500 valence electrons. The number of amides is 1. The Balaban J connectivity index is 5.06. The van der Waals surface area contributed by atoms with E-state index in [0.29, 0.717) is 17.4 Å². The molecule has 1 N–H and O–H groups in total. The first-order valence-electron chi connectivity index (χ1n) is 36.4. The van der Waals surface area contributed by atoms with E-state index in [4.69, 9.17) is 13.8 Å². The maximum atomic E-state index is 13.6. The number of unbranched alkanes of at least 4 members (excludes halogenated alkanes) is 38. The largest absolute Gasteiger partial charge is 0.756 e. The summed E-state index contributed by atoms with van der Waals surface area (Å²) in [5, 5.41) is 3.04. The highest BCUT2D eigenvalue weighted by Gasteiger charge is 2.27. The van der Waals surface area contributed by atoms with Gasteiger partial charge in [0.25, 0.3) is 7.82 Å². The van der Waals surface area contributed by atoms with E-state index in [2.05, 4.69) is 99.0 Å². The number of nitrogens with zero attached hydrogens (tertiary/aromatic N) is 1. The number of quaternary nitrogens is 1. The Kier molecular flexibility index (Phi) is 63.0. The number of hydrogen-bond donors (Lipinski definition) is 1. The van der Waals surface area contributed by atoms with E-state index in [0.717, 1.165) is 96.3 Å². The minimum absolute atomic E-state index is 0.0267. The number of phosphoric acid groups is 1. The first-order valence-corrected chi connectivity index (χ1v) is 37.9. The first-order chi connectivity index (χ1) is 41.9. The highest BCUT2D eigenvalue weighted by molar-refractivity contribution is 7.45. The van der Waals surface area contributed by atoms with Crippen molar-refractivity contribution in [3.05, 3.63) is 85.1 Å². The number of carbonyl (C=O) groups excluding carboxylic acids is 2. The van der Waals surface area contributed by atoms with Crippen molar-refractivity contribution in [2.45, 2.75) is 348 Å². The van der Waals surface area contributed by atoms with Crippen LogP contribution in [0.5, 0.6) is 0 Å². The van der Waals surface area contributed by atoms with Crippen molar-refractivity contribution >= 4 is 19.7 Å². The van der Waals surface area contributed by atoms with Gasteiger partial charge in [-0.25, -0.2) is 0 Å². The average molecular weight is 1220 g/mol. The number of likely N-dealkylation sites (N-methyl/N-ethyl adjacent to an activating group) is 1. The molecule has 0 aliphatic rings. The van der Waals surface area contributed by atoms with Gasteiger partial charge in [-0.15, -0.1) is 0 Å². The Morgan fingerprint density at radius 2 is 0.709 bits per heavy atom. The summed E-state index contributed by atoms with van der Waals surface area (Å²) in [5.74, 6) is -0.545. The van der Waals surface area contributed by atoms with Crippen LogP contribution < -0.4 is 10.2 Å². The number of carbonyl (C=O) groups is 2. The molecule has 0 fully saturated rings. The van der Waals surface area contributed by atoms with Gasteiger partial charge >= 0.3 is 5.97 Å². The van der Waals surface area contributed by atoms with Crippen molar-refractivity contribution in [3.8, 4) is 0 Å². The van der Waals surface area contributed by atoms with Crippen LogP contribution in [0.25, 0.3) is 0 Å². The third kappa shape index (κ3) is 65.6. The Hall–Kier alpha value is -2.81. The molecule has 0 rings (SSSR count). The van der Waals surface area contributed by atoms with Crippen molar-refractivity contribution in [2.24, 2.45) is 0 Å². The quantitative estimate of drug-likeness (QED) is 0.0212. The maximum absolute atomic E-state index is 13.6. The molecule has 0 aliphatic heterocycles. The molecule has 0 heterocycles. The van der Waals surface area contributed by atoms with Crippen LogP contribution in [0.2, 0.25) is 0 Å². The fourth-order valence-corrected chi connectivity index (χ4v) is 11.1. The van der Waals surface area contributed by atoms with Gasteiger partial charge in [-0.3, -0.25) is 14.2 Å². The van der Waals surface area contributed by atoms with Gasteiger partial charge in [-0.2, -0.15) is 0 Å².